The van der Waals surface area contributed by atoms with Crippen molar-refractivity contribution in [3.05, 3.63) is 35.4 Å². The van der Waals surface area contributed by atoms with Gasteiger partial charge in [-0.05, 0) is 18.4 Å². The van der Waals surface area contributed by atoms with Crippen molar-refractivity contribution in [2.75, 3.05) is 19.6 Å². The number of nitrogens with one attached hydrogen (secondary N) is 1. The number of urea groups is 1. The van der Waals surface area contributed by atoms with Gasteiger partial charge in [0.1, 0.15) is 0 Å². The lowest BCUT2D eigenvalue weighted by Crippen LogP contribution is -2.56. The van der Waals surface area contributed by atoms with Crippen LogP contribution in [0.15, 0.2) is 24.3 Å². The largest absolute Gasteiger partial charge is 0.417 e. The van der Waals surface area contributed by atoms with Gasteiger partial charge in [0, 0.05) is 32.5 Å². The minimum absolute atomic E-state index is 0.103. The molecular weight excluding hydrogens is 321 g/mol. The van der Waals surface area contributed by atoms with Gasteiger partial charge >= 0.3 is 12.2 Å². The number of nitrogens with zero attached hydrogens (tertiary/aromatic N) is 1. The Morgan fingerprint density at radius 3 is 2.54 bits per heavy atom. The SMILES string of the molecule is Cc1cccc([C@H](C)CNC(=O)N2CCC(O)(C(F)(F)F)CC2)c1. The van der Waals surface area contributed by atoms with Crippen LogP contribution in [0.1, 0.15) is 36.8 Å². The maximum absolute atomic E-state index is 12.8. The number of carbonyl (C=O) groups is 1. The van der Waals surface area contributed by atoms with E-state index in [1.807, 2.05) is 38.1 Å². The first-order chi connectivity index (χ1) is 11.1. The third-order valence-corrected chi connectivity index (χ3v) is 4.58. The fourth-order valence-corrected chi connectivity index (χ4v) is 2.81. The highest BCUT2D eigenvalue weighted by Crippen LogP contribution is 2.38. The topological polar surface area (TPSA) is 52.6 Å². The van der Waals surface area contributed by atoms with E-state index in [-0.39, 0.29) is 19.0 Å². The van der Waals surface area contributed by atoms with Gasteiger partial charge in [0.2, 0.25) is 0 Å². The summed E-state index contributed by atoms with van der Waals surface area (Å²) in [6, 6.07) is 7.57. The molecule has 0 aromatic heterocycles. The lowest BCUT2D eigenvalue weighted by atomic mass is 9.91. The molecular formula is C17H23F3N2O2. The molecule has 0 saturated carbocycles. The number of benzene rings is 1. The molecule has 1 heterocycles. The Hall–Kier alpha value is -1.76. The molecule has 4 nitrogen and oxygen atoms in total. The number of rotatable bonds is 3. The standard InChI is InChI=1S/C17H23F3N2O2/c1-12-4-3-5-14(10-12)13(2)11-21-15(23)22-8-6-16(24,7-9-22)17(18,19)20/h3-5,10,13,24H,6-9,11H2,1-2H3,(H,21,23)/t13-/m1/s1. The molecule has 2 N–H and O–H groups in total. The van der Waals surface area contributed by atoms with Crippen LogP contribution in [0, 0.1) is 6.92 Å². The molecule has 1 aliphatic heterocycles. The number of aliphatic hydroxyl groups is 1. The average Bonchev–Trinajstić information content (AvgIpc) is 2.52. The summed E-state index contributed by atoms with van der Waals surface area (Å²) < 4.78 is 38.3. The molecule has 0 spiro atoms. The Morgan fingerprint density at radius 1 is 1.38 bits per heavy atom. The second kappa shape index (κ2) is 7.01. The van der Waals surface area contributed by atoms with E-state index in [2.05, 4.69) is 5.32 Å². The zero-order valence-corrected chi connectivity index (χ0v) is 13.9. The molecule has 1 saturated heterocycles. The summed E-state index contributed by atoms with van der Waals surface area (Å²) in [7, 11) is 0. The zero-order valence-electron chi connectivity index (χ0n) is 13.9. The average molecular weight is 344 g/mol. The van der Waals surface area contributed by atoms with Crippen LogP contribution in [-0.4, -0.2) is 47.4 Å². The Balaban J connectivity index is 1.84. The number of hydrogen-bond acceptors (Lipinski definition) is 2. The molecule has 0 radical (unpaired) electrons. The number of hydrogen-bond donors (Lipinski definition) is 2. The summed E-state index contributed by atoms with van der Waals surface area (Å²) in [6.45, 7) is 4.15. The maximum Gasteiger partial charge on any atom is 0.417 e. The molecule has 0 unspecified atom stereocenters. The Labute approximate surface area is 139 Å². The number of aryl methyl sites for hydroxylation is 1. The van der Waals surface area contributed by atoms with Gasteiger partial charge in [0.05, 0.1) is 0 Å². The predicted octanol–water partition coefficient (Wildman–Crippen LogP) is 3.20. The van der Waals surface area contributed by atoms with Crippen molar-refractivity contribution in [2.24, 2.45) is 0 Å². The first kappa shape index (κ1) is 18.6. The van der Waals surface area contributed by atoms with E-state index in [4.69, 9.17) is 0 Å². The van der Waals surface area contributed by atoms with Gasteiger partial charge in [-0.25, -0.2) is 4.79 Å². The molecule has 0 bridgehead atoms. The van der Waals surface area contributed by atoms with Gasteiger partial charge in [-0.3, -0.25) is 0 Å². The second-order valence-electron chi connectivity index (χ2n) is 6.52. The highest BCUT2D eigenvalue weighted by molar-refractivity contribution is 5.74. The summed E-state index contributed by atoms with van der Waals surface area (Å²) in [5.41, 5.74) is -0.452. The summed E-state index contributed by atoms with van der Waals surface area (Å²) >= 11 is 0. The Morgan fingerprint density at radius 2 is 2.00 bits per heavy atom. The van der Waals surface area contributed by atoms with E-state index in [0.717, 1.165) is 11.1 Å². The van der Waals surface area contributed by atoms with Crippen LogP contribution in [-0.2, 0) is 0 Å². The zero-order chi connectivity index (χ0) is 18.0. The Bertz CT molecular complexity index is 581. The molecule has 1 aromatic rings. The number of likely N-dealkylation sites (tertiary alicyclic amines) is 1. The van der Waals surface area contributed by atoms with Crippen molar-refractivity contribution in [3.8, 4) is 0 Å². The van der Waals surface area contributed by atoms with Crippen LogP contribution in [0.5, 0.6) is 0 Å². The van der Waals surface area contributed by atoms with E-state index in [0.29, 0.717) is 6.54 Å². The number of carbonyl (C=O) groups excluding carboxylic acids is 1. The van der Waals surface area contributed by atoms with Gasteiger partial charge in [-0.2, -0.15) is 13.2 Å². The van der Waals surface area contributed by atoms with Crippen molar-refractivity contribution < 1.29 is 23.1 Å². The number of alkyl halides is 3. The molecule has 1 aliphatic rings. The number of amides is 2. The van der Waals surface area contributed by atoms with Crippen molar-refractivity contribution in [3.63, 3.8) is 0 Å². The van der Waals surface area contributed by atoms with Crippen LogP contribution in [0.2, 0.25) is 0 Å². The molecule has 2 amide bonds. The fraction of sp³-hybridized carbons (Fsp3) is 0.588. The molecule has 134 valence electrons. The van der Waals surface area contributed by atoms with Gasteiger partial charge < -0.3 is 15.3 Å². The van der Waals surface area contributed by atoms with E-state index >= 15 is 0 Å². The smallest absolute Gasteiger partial charge is 0.380 e. The van der Waals surface area contributed by atoms with E-state index in [9.17, 15) is 23.1 Å². The lowest BCUT2D eigenvalue weighted by Gasteiger charge is -2.39. The van der Waals surface area contributed by atoms with Gasteiger partial charge in [0.25, 0.3) is 0 Å². The normalized spacial score (nSPS) is 19.0. The highest BCUT2D eigenvalue weighted by atomic mass is 19.4. The summed E-state index contributed by atoms with van der Waals surface area (Å²) in [4.78, 5) is 13.4. The first-order valence-electron chi connectivity index (χ1n) is 8.01. The number of piperidine rings is 1. The minimum Gasteiger partial charge on any atom is -0.380 e. The fourth-order valence-electron chi connectivity index (χ4n) is 2.81. The van der Waals surface area contributed by atoms with E-state index in [1.54, 1.807) is 0 Å². The van der Waals surface area contributed by atoms with Crippen LogP contribution in [0.25, 0.3) is 0 Å². The maximum atomic E-state index is 12.8. The molecule has 1 fully saturated rings. The van der Waals surface area contributed by atoms with E-state index in [1.165, 1.54) is 4.90 Å². The molecule has 0 aliphatic carbocycles. The monoisotopic (exact) mass is 344 g/mol. The Kier molecular flexibility index (Phi) is 5.42. The minimum atomic E-state index is -4.66. The van der Waals surface area contributed by atoms with Crippen molar-refractivity contribution in [1.82, 2.24) is 10.2 Å². The highest BCUT2D eigenvalue weighted by Gasteiger charge is 2.54. The second-order valence-corrected chi connectivity index (χ2v) is 6.52. The summed E-state index contributed by atoms with van der Waals surface area (Å²) in [5.74, 6) is 0.103. The molecule has 1 aromatic carbocycles. The van der Waals surface area contributed by atoms with E-state index < -0.39 is 30.7 Å². The van der Waals surface area contributed by atoms with Crippen molar-refractivity contribution in [1.29, 1.82) is 0 Å². The van der Waals surface area contributed by atoms with Crippen LogP contribution < -0.4 is 5.32 Å². The predicted molar refractivity (Wildman–Crippen MR) is 84.8 cm³/mol. The van der Waals surface area contributed by atoms with Gasteiger partial charge in [-0.15, -0.1) is 0 Å². The summed E-state index contributed by atoms with van der Waals surface area (Å²) in [6.07, 6.45) is -5.63. The van der Waals surface area contributed by atoms with Crippen LogP contribution in [0.4, 0.5) is 18.0 Å². The van der Waals surface area contributed by atoms with Gasteiger partial charge in [-0.1, -0.05) is 36.8 Å². The summed E-state index contributed by atoms with van der Waals surface area (Å²) in [5, 5.41) is 12.4. The third kappa shape index (κ3) is 4.20. The van der Waals surface area contributed by atoms with Gasteiger partial charge in [0.15, 0.2) is 5.60 Å². The quantitative estimate of drug-likeness (QED) is 0.885. The third-order valence-electron chi connectivity index (χ3n) is 4.58. The first-order valence-corrected chi connectivity index (χ1v) is 8.01. The number of halogens is 3. The van der Waals surface area contributed by atoms with Crippen LogP contribution in [0.3, 0.4) is 0 Å². The molecule has 1 atom stereocenters. The molecule has 7 heteroatoms. The van der Waals surface area contributed by atoms with Crippen LogP contribution >= 0.6 is 0 Å². The molecule has 24 heavy (non-hydrogen) atoms. The molecule has 2 rings (SSSR count). The van der Waals surface area contributed by atoms with Crippen molar-refractivity contribution >= 4 is 6.03 Å². The lowest BCUT2D eigenvalue weighted by molar-refractivity contribution is -0.271. The van der Waals surface area contributed by atoms with Crippen molar-refractivity contribution in [2.45, 2.75) is 44.4 Å².